The van der Waals surface area contributed by atoms with Crippen LogP contribution in [0.15, 0.2) is 83.8 Å². The van der Waals surface area contributed by atoms with Crippen LogP contribution in [-0.2, 0) is 31.4 Å². The Labute approximate surface area is 350 Å². The standard InChI is InChI=1S/C35H35Cl2F3N2O2S.C6H8O7.H2O/c1-41(34(43)30-21-27(35(38,39)40)19-25-7-3-4-8-28(25)30)22-26(24-11-12-31(36)32(37)20-24)15-18-42-16-13-23(14-17-42)29-9-5-6-10-33(29)45(2)44;7-3(8)1-6(13,5(11)12)2-4(9)10;/h3-12,19-21,23,26H,13-18,22H2,1-2H3;13H,1-2H2,(H,7,8)(H,9,10)(H,11,12);1H2/t26-,45?;;/m1../s1. The third kappa shape index (κ3) is 13.2. The summed E-state index contributed by atoms with van der Waals surface area (Å²) >= 11 is 12.6. The molecule has 1 saturated heterocycles. The van der Waals surface area contributed by atoms with Gasteiger partial charge in [0.05, 0.1) is 39.2 Å². The summed E-state index contributed by atoms with van der Waals surface area (Å²) in [4.78, 5) is 49.0. The monoisotopic (exact) mass is 884 g/mol. The molecule has 59 heavy (non-hydrogen) atoms. The predicted octanol–water partition coefficient (Wildman–Crippen LogP) is 6.96. The molecule has 4 aromatic carbocycles. The zero-order valence-electron chi connectivity index (χ0n) is 32.0. The quantitative estimate of drug-likeness (QED) is 0.103. The summed E-state index contributed by atoms with van der Waals surface area (Å²) < 4.78 is 53.5. The second-order valence-electron chi connectivity index (χ2n) is 14.2. The fourth-order valence-corrected chi connectivity index (χ4v) is 8.14. The van der Waals surface area contributed by atoms with E-state index in [0.717, 1.165) is 60.6 Å². The topological polar surface area (TPSA) is 204 Å². The molecule has 0 bridgehead atoms. The number of likely N-dealkylation sites (N-methyl/N-ethyl adjacent to an activating group) is 1. The Kier molecular flexibility index (Phi) is 17.4. The number of hydrogen-bond acceptors (Lipinski definition) is 7. The third-order valence-electron chi connectivity index (χ3n) is 10.0. The number of carbonyl (C=O) groups excluding carboxylic acids is 1. The lowest BCUT2D eigenvalue weighted by Crippen LogP contribution is -2.42. The van der Waals surface area contributed by atoms with Gasteiger partial charge in [-0.05, 0) is 97.0 Å². The first-order valence-electron chi connectivity index (χ1n) is 18.0. The predicted molar refractivity (Wildman–Crippen MR) is 218 cm³/mol. The van der Waals surface area contributed by atoms with E-state index >= 15 is 0 Å². The summed E-state index contributed by atoms with van der Waals surface area (Å²) in [6, 6.07) is 22.0. The van der Waals surface area contributed by atoms with Crippen molar-refractivity contribution in [2.45, 2.75) is 60.6 Å². The van der Waals surface area contributed by atoms with Crippen molar-refractivity contribution >= 4 is 68.6 Å². The van der Waals surface area contributed by atoms with E-state index in [1.54, 1.807) is 49.7 Å². The minimum Gasteiger partial charge on any atom is -0.481 e. The first-order valence-corrected chi connectivity index (χ1v) is 20.4. The van der Waals surface area contributed by atoms with Crippen LogP contribution in [0.3, 0.4) is 0 Å². The van der Waals surface area contributed by atoms with Gasteiger partial charge >= 0.3 is 24.1 Å². The van der Waals surface area contributed by atoms with E-state index in [2.05, 4.69) is 11.0 Å². The van der Waals surface area contributed by atoms with Crippen molar-refractivity contribution in [3.8, 4) is 0 Å². The Hall–Kier alpha value is -4.58. The Morgan fingerprint density at radius 1 is 0.881 bits per heavy atom. The van der Waals surface area contributed by atoms with Crippen LogP contribution in [0.25, 0.3) is 10.8 Å². The van der Waals surface area contributed by atoms with Gasteiger partial charge in [-0.3, -0.25) is 18.6 Å². The van der Waals surface area contributed by atoms with Crippen molar-refractivity contribution in [2.24, 2.45) is 0 Å². The molecule has 1 aliphatic rings. The van der Waals surface area contributed by atoms with Crippen LogP contribution in [-0.4, -0.2) is 109 Å². The van der Waals surface area contributed by atoms with Gasteiger partial charge in [-0.2, -0.15) is 13.2 Å². The molecule has 4 aromatic rings. The van der Waals surface area contributed by atoms with Gasteiger partial charge < -0.3 is 35.7 Å². The van der Waals surface area contributed by atoms with E-state index in [0.29, 0.717) is 33.2 Å². The van der Waals surface area contributed by atoms with Crippen molar-refractivity contribution in [1.82, 2.24) is 9.80 Å². The highest BCUT2D eigenvalue weighted by Gasteiger charge is 2.41. The van der Waals surface area contributed by atoms with E-state index in [1.807, 2.05) is 24.3 Å². The molecule has 2 atom stereocenters. The van der Waals surface area contributed by atoms with Gasteiger partial charge in [-0.15, -0.1) is 0 Å². The molecule has 1 aliphatic heterocycles. The molecule has 0 saturated carbocycles. The van der Waals surface area contributed by atoms with Crippen LogP contribution in [0.4, 0.5) is 13.2 Å². The van der Waals surface area contributed by atoms with Crippen molar-refractivity contribution in [3.05, 3.63) is 111 Å². The number of rotatable bonds is 14. The molecule has 5 rings (SSSR count). The number of alkyl halides is 3. The number of fused-ring (bicyclic) bond motifs is 1. The second-order valence-corrected chi connectivity index (χ2v) is 16.3. The zero-order valence-corrected chi connectivity index (χ0v) is 34.4. The molecule has 1 heterocycles. The minimum atomic E-state index is -4.58. The number of aliphatic carboxylic acids is 3. The van der Waals surface area contributed by atoms with Crippen LogP contribution < -0.4 is 0 Å². The normalized spacial score (nSPS) is 14.6. The number of halogens is 5. The molecular weight excluding hydrogens is 840 g/mol. The van der Waals surface area contributed by atoms with Gasteiger partial charge in [-0.1, -0.05) is 71.7 Å². The van der Waals surface area contributed by atoms with Crippen LogP contribution in [0, 0.1) is 0 Å². The minimum absolute atomic E-state index is 0. The average molecular weight is 886 g/mol. The Bertz CT molecular complexity index is 2150. The number of nitrogens with zero attached hydrogens (tertiary/aromatic N) is 2. The maximum Gasteiger partial charge on any atom is 0.416 e. The third-order valence-corrected chi connectivity index (χ3v) is 11.7. The highest BCUT2D eigenvalue weighted by Crippen LogP contribution is 2.36. The van der Waals surface area contributed by atoms with E-state index in [-0.39, 0.29) is 23.5 Å². The highest BCUT2D eigenvalue weighted by molar-refractivity contribution is 7.84. The molecule has 0 spiro atoms. The summed E-state index contributed by atoms with van der Waals surface area (Å²) in [6.07, 6.45) is -2.54. The maximum atomic E-state index is 13.8. The molecule has 320 valence electrons. The van der Waals surface area contributed by atoms with E-state index in [9.17, 15) is 36.6 Å². The van der Waals surface area contributed by atoms with Gasteiger partial charge in [0.25, 0.3) is 5.91 Å². The van der Waals surface area contributed by atoms with Gasteiger partial charge in [0.15, 0.2) is 5.60 Å². The zero-order chi connectivity index (χ0) is 42.9. The summed E-state index contributed by atoms with van der Waals surface area (Å²) in [5.74, 6) is -5.28. The maximum absolute atomic E-state index is 13.8. The van der Waals surface area contributed by atoms with E-state index < -0.39 is 64.8 Å². The lowest BCUT2D eigenvalue weighted by atomic mass is 9.88. The number of benzene rings is 4. The Morgan fingerprint density at radius 3 is 2.03 bits per heavy atom. The first-order chi connectivity index (χ1) is 27.2. The fourth-order valence-electron chi connectivity index (χ4n) is 7.00. The summed E-state index contributed by atoms with van der Waals surface area (Å²) in [5.41, 5.74) is -1.50. The summed E-state index contributed by atoms with van der Waals surface area (Å²) in [7, 11) is 0.583. The number of piperidine rings is 1. The molecule has 18 heteroatoms. The van der Waals surface area contributed by atoms with Gasteiger partial charge in [0.1, 0.15) is 0 Å². The Morgan fingerprint density at radius 2 is 1.47 bits per heavy atom. The number of carboxylic acid groups (broad SMARTS) is 3. The SMILES string of the molecule is CN(C[C@@H](CCN1CCC(c2ccccc2S(C)=O)CC1)c1ccc(Cl)c(Cl)c1)C(=O)c1cc(C(F)(F)F)cc2ccccc12.O.O=C(O)CC(O)(CC(=O)O)C(=O)O. The molecule has 12 nitrogen and oxygen atoms in total. The van der Waals surface area contributed by atoms with E-state index in [1.165, 1.54) is 4.90 Å². The average Bonchev–Trinajstić information content (AvgIpc) is 3.16. The van der Waals surface area contributed by atoms with Crippen molar-refractivity contribution < 1.29 is 62.5 Å². The highest BCUT2D eigenvalue weighted by atomic mass is 35.5. The van der Waals surface area contributed by atoms with Crippen molar-refractivity contribution in [2.75, 3.05) is 39.5 Å². The fraction of sp³-hybridized carbons (Fsp3) is 0.366. The smallest absolute Gasteiger partial charge is 0.416 e. The number of hydrogen-bond donors (Lipinski definition) is 4. The molecule has 0 radical (unpaired) electrons. The Balaban J connectivity index is 0.000000574. The summed E-state index contributed by atoms with van der Waals surface area (Å²) in [6.45, 7) is 2.82. The number of amides is 1. The van der Waals surface area contributed by atoms with E-state index in [4.69, 9.17) is 43.6 Å². The largest absolute Gasteiger partial charge is 0.481 e. The van der Waals surface area contributed by atoms with Crippen LogP contribution >= 0.6 is 23.2 Å². The van der Waals surface area contributed by atoms with Crippen LogP contribution in [0.2, 0.25) is 10.0 Å². The number of likely N-dealkylation sites (tertiary alicyclic amines) is 1. The molecule has 6 N–H and O–H groups in total. The second kappa shape index (κ2) is 21.1. The summed E-state index contributed by atoms with van der Waals surface area (Å²) in [5, 5.41) is 35.5. The molecular formula is C41H45Cl2F3N2O10S. The number of carboxylic acids is 3. The lowest BCUT2D eigenvalue weighted by Gasteiger charge is -2.34. The van der Waals surface area contributed by atoms with Gasteiger partial charge in [0.2, 0.25) is 0 Å². The van der Waals surface area contributed by atoms with Gasteiger partial charge in [0, 0.05) is 36.2 Å². The lowest BCUT2D eigenvalue weighted by molar-refractivity contribution is -0.170. The number of aliphatic hydroxyl groups is 1. The molecule has 0 aliphatic carbocycles. The van der Waals surface area contributed by atoms with Crippen molar-refractivity contribution in [3.63, 3.8) is 0 Å². The van der Waals surface area contributed by atoms with Crippen molar-refractivity contribution in [1.29, 1.82) is 0 Å². The molecule has 1 amide bonds. The first kappa shape index (κ1) is 48.8. The molecule has 0 aromatic heterocycles. The van der Waals surface area contributed by atoms with Gasteiger partial charge in [-0.25, -0.2) is 4.79 Å². The van der Waals surface area contributed by atoms with Crippen LogP contribution in [0.1, 0.15) is 71.0 Å². The number of carbonyl (C=O) groups is 4. The molecule has 1 fully saturated rings. The molecule has 1 unspecified atom stereocenters. The van der Waals surface area contributed by atoms with Crippen LogP contribution in [0.5, 0.6) is 0 Å².